The molecule has 194 valence electrons. The summed E-state index contributed by atoms with van der Waals surface area (Å²) in [6.45, 7) is 8.68. The Kier molecular flexibility index (Phi) is 9.22. The van der Waals surface area contributed by atoms with Gasteiger partial charge in [0.25, 0.3) is 0 Å². The molecule has 0 saturated heterocycles. The van der Waals surface area contributed by atoms with Gasteiger partial charge in [0.15, 0.2) is 0 Å². The first-order valence-electron chi connectivity index (χ1n) is 11.9. The van der Waals surface area contributed by atoms with Gasteiger partial charge in [-0.25, -0.2) is 8.42 Å². The molecule has 1 atom stereocenters. The van der Waals surface area contributed by atoms with Gasteiger partial charge >= 0.3 is 5.97 Å². The lowest BCUT2D eigenvalue weighted by Crippen LogP contribution is -2.51. The van der Waals surface area contributed by atoms with Crippen LogP contribution >= 0.6 is 0 Å². The normalized spacial score (nSPS) is 12.7. The molecule has 10 heteroatoms. The molecule has 36 heavy (non-hydrogen) atoms. The van der Waals surface area contributed by atoms with Crippen LogP contribution in [0.5, 0.6) is 0 Å². The predicted molar refractivity (Wildman–Crippen MR) is 135 cm³/mol. The summed E-state index contributed by atoms with van der Waals surface area (Å²) >= 11 is 0. The number of benzene rings is 1. The van der Waals surface area contributed by atoms with Gasteiger partial charge in [0.05, 0.1) is 23.3 Å². The number of esters is 1. The van der Waals surface area contributed by atoms with Crippen molar-refractivity contribution in [2.75, 3.05) is 13.1 Å². The molecule has 1 aromatic carbocycles. The van der Waals surface area contributed by atoms with E-state index in [1.54, 1.807) is 41.4 Å². The third kappa shape index (κ3) is 7.63. The number of rotatable bonds is 12. The summed E-state index contributed by atoms with van der Waals surface area (Å²) < 4.78 is 39.6. The minimum Gasteiger partial charge on any atom is -0.464 e. The van der Waals surface area contributed by atoms with E-state index in [4.69, 9.17) is 9.15 Å². The van der Waals surface area contributed by atoms with Gasteiger partial charge in [-0.3, -0.25) is 14.6 Å². The second-order valence-electron chi connectivity index (χ2n) is 9.51. The fourth-order valence-corrected chi connectivity index (χ4v) is 4.99. The minimum absolute atomic E-state index is 0.0321. The van der Waals surface area contributed by atoms with Gasteiger partial charge in [0, 0.05) is 24.7 Å². The van der Waals surface area contributed by atoms with Crippen LogP contribution in [0.2, 0.25) is 0 Å². The average molecular weight is 516 g/mol. The highest BCUT2D eigenvalue weighted by atomic mass is 32.2. The van der Waals surface area contributed by atoms with E-state index >= 15 is 0 Å². The van der Waals surface area contributed by atoms with E-state index in [2.05, 4.69) is 9.71 Å². The molecule has 0 saturated carbocycles. The molecule has 2 heterocycles. The minimum atomic E-state index is -4.14. The van der Waals surface area contributed by atoms with Crippen LogP contribution in [0.1, 0.15) is 39.8 Å². The number of furan rings is 1. The largest absolute Gasteiger partial charge is 0.464 e. The van der Waals surface area contributed by atoms with Gasteiger partial charge in [0.1, 0.15) is 18.2 Å². The van der Waals surface area contributed by atoms with Gasteiger partial charge in [-0.1, -0.05) is 33.8 Å². The Hall–Kier alpha value is -3.24. The lowest BCUT2D eigenvalue weighted by molar-refractivity contribution is -0.148. The van der Waals surface area contributed by atoms with Crippen molar-refractivity contribution in [3.05, 3.63) is 60.6 Å². The fourth-order valence-electron chi connectivity index (χ4n) is 3.77. The molecule has 0 unspecified atom stereocenters. The lowest BCUT2D eigenvalue weighted by atomic mass is 10.1. The number of hydrogen-bond acceptors (Lipinski definition) is 7. The molecule has 0 radical (unpaired) electrons. The van der Waals surface area contributed by atoms with Crippen molar-refractivity contribution in [3.8, 4) is 0 Å². The highest BCUT2D eigenvalue weighted by Gasteiger charge is 2.32. The highest BCUT2D eigenvalue weighted by molar-refractivity contribution is 7.89. The van der Waals surface area contributed by atoms with Crippen LogP contribution in [0.15, 0.2) is 64.2 Å². The number of aromatic nitrogens is 1. The van der Waals surface area contributed by atoms with Crippen LogP contribution in [0.3, 0.4) is 0 Å². The fraction of sp³-hybridized carbons (Fsp3) is 0.423. The maximum atomic E-state index is 13.6. The Morgan fingerprint density at radius 2 is 1.78 bits per heavy atom. The molecule has 1 N–H and O–H groups in total. The summed E-state index contributed by atoms with van der Waals surface area (Å²) in [4.78, 5) is 31.9. The highest BCUT2D eigenvalue weighted by Crippen LogP contribution is 2.21. The van der Waals surface area contributed by atoms with E-state index in [1.807, 2.05) is 27.7 Å². The first kappa shape index (κ1) is 27.3. The van der Waals surface area contributed by atoms with Crippen molar-refractivity contribution in [3.63, 3.8) is 0 Å². The van der Waals surface area contributed by atoms with E-state index in [-0.39, 0.29) is 23.3 Å². The van der Waals surface area contributed by atoms with Crippen molar-refractivity contribution < 1.29 is 27.2 Å². The van der Waals surface area contributed by atoms with Crippen LogP contribution in [-0.2, 0) is 31.0 Å². The standard InChI is InChI=1S/C26H33N3O6S/c1-18(2)15-29(16-19(3)4)26(31)23(14-25(30)35-17-21-7-5-6-11-27-21)28-36(32,33)22-8-9-24-20(13-22)10-12-34-24/h5-13,18-19,23,28H,14-17H2,1-4H3/t23-/m0/s1. The van der Waals surface area contributed by atoms with Crippen LogP contribution in [0.4, 0.5) is 0 Å². The molecule has 2 aromatic heterocycles. The first-order chi connectivity index (χ1) is 17.0. The molecule has 3 aromatic rings. The zero-order valence-electron chi connectivity index (χ0n) is 21.0. The van der Waals surface area contributed by atoms with Crippen molar-refractivity contribution in [1.29, 1.82) is 0 Å². The number of nitrogens with one attached hydrogen (secondary N) is 1. The number of sulfonamides is 1. The van der Waals surface area contributed by atoms with Crippen LogP contribution in [0, 0.1) is 11.8 Å². The maximum absolute atomic E-state index is 13.6. The Morgan fingerprint density at radius 1 is 1.06 bits per heavy atom. The quantitative estimate of drug-likeness (QED) is 0.365. The summed E-state index contributed by atoms with van der Waals surface area (Å²) in [5, 5.41) is 0.608. The molecule has 9 nitrogen and oxygen atoms in total. The van der Waals surface area contributed by atoms with Gasteiger partial charge in [-0.05, 0) is 48.2 Å². The van der Waals surface area contributed by atoms with Gasteiger partial charge in [0.2, 0.25) is 15.9 Å². The van der Waals surface area contributed by atoms with Crippen LogP contribution < -0.4 is 4.72 Å². The molecular formula is C26H33N3O6S. The number of amides is 1. The van der Waals surface area contributed by atoms with Crippen LogP contribution in [0.25, 0.3) is 11.0 Å². The predicted octanol–water partition coefficient (Wildman–Crippen LogP) is 3.75. The van der Waals surface area contributed by atoms with Crippen molar-refractivity contribution in [2.45, 2.75) is 51.7 Å². The summed E-state index contributed by atoms with van der Waals surface area (Å²) in [5.41, 5.74) is 1.09. The first-order valence-corrected chi connectivity index (χ1v) is 13.4. The molecule has 3 rings (SSSR count). The van der Waals surface area contributed by atoms with Crippen molar-refractivity contribution in [2.24, 2.45) is 11.8 Å². The third-order valence-electron chi connectivity index (χ3n) is 5.29. The van der Waals surface area contributed by atoms with E-state index in [0.29, 0.717) is 29.8 Å². The Morgan fingerprint density at radius 3 is 2.42 bits per heavy atom. The zero-order chi connectivity index (χ0) is 26.3. The second kappa shape index (κ2) is 12.1. The number of carbonyl (C=O) groups excluding carboxylic acids is 2. The van der Waals surface area contributed by atoms with E-state index in [9.17, 15) is 18.0 Å². The number of nitrogens with zero attached hydrogens (tertiary/aromatic N) is 2. The Bertz CT molecular complexity index is 1260. The molecule has 0 fully saturated rings. The monoisotopic (exact) mass is 515 g/mol. The summed E-state index contributed by atoms with van der Waals surface area (Å²) in [7, 11) is -4.14. The van der Waals surface area contributed by atoms with Crippen molar-refractivity contribution in [1.82, 2.24) is 14.6 Å². The number of pyridine rings is 1. The molecule has 0 spiro atoms. The average Bonchev–Trinajstić information content (AvgIpc) is 3.29. The zero-order valence-corrected chi connectivity index (χ0v) is 21.8. The second-order valence-corrected chi connectivity index (χ2v) is 11.2. The number of ether oxygens (including phenoxy) is 1. The SMILES string of the molecule is CC(C)CN(CC(C)C)C(=O)[C@H](CC(=O)OCc1ccccn1)NS(=O)(=O)c1ccc2occc2c1. The molecular weight excluding hydrogens is 482 g/mol. The van der Waals surface area contributed by atoms with Crippen LogP contribution in [-0.4, -0.2) is 49.3 Å². The summed E-state index contributed by atoms with van der Waals surface area (Å²) in [6, 6.07) is 9.94. The molecule has 0 aliphatic rings. The lowest BCUT2D eigenvalue weighted by Gasteiger charge is -2.30. The Labute approximate surface area is 211 Å². The van der Waals surface area contributed by atoms with E-state index in [1.165, 1.54) is 18.4 Å². The number of carbonyl (C=O) groups is 2. The Balaban J connectivity index is 1.84. The molecule has 0 aliphatic carbocycles. The molecule has 0 bridgehead atoms. The van der Waals surface area contributed by atoms with E-state index in [0.717, 1.165) is 0 Å². The smallest absolute Gasteiger partial charge is 0.308 e. The van der Waals surface area contributed by atoms with Gasteiger partial charge in [-0.2, -0.15) is 4.72 Å². The van der Waals surface area contributed by atoms with Gasteiger partial charge < -0.3 is 14.1 Å². The van der Waals surface area contributed by atoms with E-state index < -0.39 is 34.4 Å². The van der Waals surface area contributed by atoms with Crippen molar-refractivity contribution >= 4 is 32.9 Å². The summed E-state index contributed by atoms with van der Waals surface area (Å²) in [5.74, 6) is -0.865. The maximum Gasteiger partial charge on any atom is 0.308 e. The summed E-state index contributed by atoms with van der Waals surface area (Å²) in [6.07, 6.45) is 2.59. The third-order valence-corrected chi connectivity index (χ3v) is 6.76. The topological polar surface area (TPSA) is 119 Å². The van der Waals surface area contributed by atoms with Gasteiger partial charge in [-0.15, -0.1) is 0 Å². The molecule has 0 aliphatic heterocycles. The molecule has 1 amide bonds. The number of fused-ring (bicyclic) bond motifs is 1. The number of hydrogen-bond donors (Lipinski definition) is 1.